The number of para-hydroxylation sites is 2. The highest BCUT2D eigenvalue weighted by atomic mass is 15.2. The molecule has 0 atom stereocenters. The van der Waals surface area contributed by atoms with Gasteiger partial charge in [0.1, 0.15) is 0 Å². The number of hydrogen-bond donors (Lipinski definition) is 0. The molecular formula is C70H74BN3. The van der Waals surface area contributed by atoms with Gasteiger partial charge in [-0.05, 0) is 137 Å². The summed E-state index contributed by atoms with van der Waals surface area (Å²) in [6.45, 7) is 34.8. The van der Waals surface area contributed by atoms with Gasteiger partial charge in [0.2, 0.25) is 0 Å². The Morgan fingerprint density at radius 3 is 1.36 bits per heavy atom. The topological polar surface area (TPSA) is 11.4 Å². The van der Waals surface area contributed by atoms with Crippen molar-refractivity contribution < 1.29 is 0 Å². The van der Waals surface area contributed by atoms with E-state index in [4.69, 9.17) is 0 Å². The van der Waals surface area contributed by atoms with E-state index < -0.39 is 0 Å². The van der Waals surface area contributed by atoms with E-state index >= 15 is 0 Å². The number of fused-ring (bicyclic) bond motifs is 4. The molecule has 3 nitrogen and oxygen atoms in total. The van der Waals surface area contributed by atoms with E-state index in [0.29, 0.717) is 0 Å². The maximum absolute atomic E-state index is 2.80. The Hall–Kier alpha value is -7.04. The van der Waals surface area contributed by atoms with Gasteiger partial charge in [0.05, 0.1) is 5.69 Å². The third-order valence-corrected chi connectivity index (χ3v) is 16.0. The Labute approximate surface area is 443 Å². The number of aromatic nitrogens is 1. The van der Waals surface area contributed by atoms with Crippen LogP contribution < -0.4 is 20.7 Å². The number of rotatable bonds is 6. The van der Waals surface area contributed by atoms with E-state index in [1.165, 1.54) is 100 Å². The van der Waals surface area contributed by atoms with Gasteiger partial charge in [-0.2, -0.15) is 0 Å². The first kappa shape index (κ1) is 49.2. The van der Waals surface area contributed by atoms with Crippen molar-refractivity contribution in [1.82, 2.24) is 4.48 Å². The van der Waals surface area contributed by atoms with E-state index in [-0.39, 0.29) is 33.9 Å². The summed E-state index contributed by atoms with van der Waals surface area (Å²) in [7, 11) is 0. The number of anilines is 6. The van der Waals surface area contributed by atoms with Crippen molar-refractivity contribution in [1.29, 1.82) is 0 Å². The smallest absolute Gasteiger partial charge is 0.333 e. The summed E-state index contributed by atoms with van der Waals surface area (Å²) in [5.74, 6) is 0. The van der Waals surface area contributed by atoms with Gasteiger partial charge in [-0.25, -0.2) is 0 Å². The lowest BCUT2D eigenvalue weighted by Crippen LogP contribution is -2.57. The monoisotopic (exact) mass is 968 g/mol. The van der Waals surface area contributed by atoms with Crippen molar-refractivity contribution >= 4 is 62.8 Å². The predicted molar refractivity (Wildman–Crippen MR) is 322 cm³/mol. The lowest BCUT2D eigenvalue weighted by Gasteiger charge is -2.42. The van der Waals surface area contributed by atoms with Crippen LogP contribution in [0.25, 0.3) is 44.4 Å². The molecule has 9 aromatic rings. The van der Waals surface area contributed by atoms with Crippen LogP contribution in [-0.2, 0) is 27.1 Å². The van der Waals surface area contributed by atoms with Crippen LogP contribution in [0.5, 0.6) is 0 Å². The summed E-state index contributed by atoms with van der Waals surface area (Å²) in [6.07, 6.45) is 0. The number of benzene rings is 8. The number of nitrogens with zero attached hydrogens (tertiary/aromatic N) is 3. The fraction of sp³-hybridized carbons (Fsp3) is 0.286. The van der Waals surface area contributed by atoms with Crippen LogP contribution in [0.4, 0.5) is 34.1 Å². The van der Waals surface area contributed by atoms with Crippen molar-refractivity contribution in [3.8, 4) is 33.5 Å². The van der Waals surface area contributed by atoms with Gasteiger partial charge in [0.15, 0.2) is 0 Å². The molecule has 11 rings (SSSR count). The summed E-state index contributed by atoms with van der Waals surface area (Å²) in [5.41, 5.74) is 24.8. The van der Waals surface area contributed by atoms with E-state index in [0.717, 1.165) is 17.1 Å². The maximum Gasteiger partial charge on any atom is 0.333 e. The summed E-state index contributed by atoms with van der Waals surface area (Å²) >= 11 is 0. The van der Waals surface area contributed by atoms with Gasteiger partial charge in [-0.1, -0.05) is 225 Å². The van der Waals surface area contributed by atoms with Gasteiger partial charge >= 0.3 is 6.85 Å². The van der Waals surface area contributed by atoms with Gasteiger partial charge in [0, 0.05) is 56.2 Å². The first-order valence-corrected chi connectivity index (χ1v) is 27.0. The number of hydrogen-bond acceptors (Lipinski definition) is 2. The van der Waals surface area contributed by atoms with E-state index in [9.17, 15) is 0 Å². The van der Waals surface area contributed by atoms with E-state index in [2.05, 4.69) is 294 Å². The molecule has 3 heterocycles. The molecule has 0 saturated carbocycles. The Morgan fingerprint density at radius 1 is 0.392 bits per heavy atom. The van der Waals surface area contributed by atoms with Crippen LogP contribution >= 0.6 is 0 Å². The molecule has 0 fully saturated rings. The SMILES string of the molecule is CC(C)(C)c1ccc(-c2c(-c3ccc(C(C)(C)C)cc3)n3c4c(ccc(N(c5ccccc5)c5ccccc5)c24)-c2cc(C(C)(C)C)cc4c2B3c2cc(C(C)(C)C)ccc2N4c2ccc(C(C)(C)C)cc2)cc1. The summed E-state index contributed by atoms with van der Waals surface area (Å²) < 4.78 is 2.80. The second-order valence-corrected chi connectivity index (χ2v) is 26.4. The van der Waals surface area contributed by atoms with Crippen molar-refractivity contribution in [2.45, 2.75) is 131 Å². The summed E-state index contributed by atoms with van der Waals surface area (Å²) in [6, 6.07) is 67.8. The third-order valence-electron chi connectivity index (χ3n) is 16.0. The van der Waals surface area contributed by atoms with Crippen LogP contribution in [0.1, 0.15) is 132 Å². The molecule has 2 aliphatic rings. The lowest BCUT2D eigenvalue weighted by atomic mass is 9.44. The van der Waals surface area contributed by atoms with Gasteiger partial charge in [-0.15, -0.1) is 0 Å². The Kier molecular flexibility index (Phi) is 11.5. The minimum atomic E-state index is -0.163. The van der Waals surface area contributed by atoms with Crippen LogP contribution in [0.15, 0.2) is 176 Å². The van der Waals surface area contributed by atoms with Crippen molar-refractivity contribution in [3.63, 3.8) is 0 Å². The molecule has 0 amide bonds. The first-order valence-electron chi connectivity index (χ1n) is 27.0. The Morgan fingerprint density at radius 2 is 0.865 bits per heavy atom. The second kappa shape index (κ2) is 17.3. The molecule has 0 radical (unpaired) electrons. The van der Waals surface area contributed by atoms with E-state index in [1.807, 2.05) is 0 Å². The molecule has 372 valence electrons. The van der Waals surface area contributed by atoms with Crippen molar-refractivity contribution in [2.24, 2.45) is 0 Å². The van der Waals surface area contributed by atoms with Gasteiger partial charge in [0.25, 0.3) is 0 Å². The maximum atomic E-state index is 2.80. The molecule has 8 aromatic carbocycles. The van der Waals surface area contributed by atoms with Crippen molar-refractivity contribution in [2.75, 3.05) is 9.80 Å². The fourth-order valence-electron chi connectivity index (χ4n) is 11.7. The fourth-order valence-corrected chi connectivity index (χ4v) is 11.7. The highest BCUT2D eigenvalue weighted by Crippen LogP contribution is 2.54. The quantitative estimate of drug-likeness (QED) is 0.154. The molecule has 4 heteroatoms. The zero-order valence-electron chi connectivity index (χ0n) is 46.7. The largest absolute Gasteiger partial charge is 0.375 e. The molecule has 2 aliphatic heterocycles. The highest BCUT2D eigenvalue weighted by molar-refractivity contribution is 6.90. The van der Waals surface area contributed by atoms with Gasteiger partial charge in [-0.3, -0.25) is 0 Å². The highest BCUT2D eigenvalue weighted by Gasteiger charge is 2.46. The lowest BCUT2D eigenvalue weighted by molar-refractivity contribution is 0.589. The van der Waals surface area contributed by atoms with E-state index in [1.54, 1.807) is 0 Å². The second-order valence-electron chi connectivity index (χ2n) is 26.4. The molecule has 0 saturated heterocycles. The molecule has 0 bridgehead atoms. The standard InChI is InChI=1S/C70H74BN3/c1-66(2,3)47-30-26-45(27-31-47)61-62-59(72(52-22-18-16-19-23-52)53-24-20-17-21-25-53)41-39-55-56-42-51(70(13,14)15)44-60-63(56)71(74(65(55)62)64(61)46-28-32-48(33-29-46)67(4,5)6)57-43-50(69(10,11)12)36-40-58(57)73(60)54-37-34-49(35-38-54)68(7,8)9/h16-44H,1-15H3. The van der Waals surface area contributed by atoms with Crippen LogP contribution in [-0.4, -0.2) is 11.3 Å². The molecule has 0 aliphatic carbocycles. The normalized spacial score (nSPS) is 13.6. The average molecular weight is 968 g/mol. The molecular weight excluding hydrogens is 894 g/mol. The predicted octanol–water partition coefficient (Wildman–Crippen LogP) is 18.4. The summed E-state index contributed by atoms with van der Waals surface area (Å²) in [5, 5.41) is 1.25. The minimum Gasteiger partial charge on any atom is -0.375 e. The average Bonchev–Trinajstić information content (AvgIpc) is 3.71. The Balaban J connectivity index is 1.36. The minimum absolute atomic E-state index is 0.00483. The zero-order valence-corrected chi connectivity index (χ0v) is 46.7. The summed E-state index contributed by atoms with van der Waals surface area (Å²) in [4.78, 5) is 5.08. The molecule has 0 spiro atoms. The van der Waals surface area contributed by atoms with Crippen molar-refractivity contribution in [3.05, 3.63) is 204 Å². The zero-order chi connectivity index (χ0) is 52.4. The third kappa shape index (κ3) is 8.30. The molecule has 1 aromatic heterocycles. The van der Waals surface area contributed by atoms with Crippen LogP contribution in [0.2, 0.25) is 0 Å². The van der Waals surface area contributed by atoms with Gasteiger partial charge < -0.3 is 14.3 Å². The first-order chi connectivity index (χ1) is 34.9. The van der Waals surface area contributed by atoms with Crippen LogP contribution in [0.3, 0.4) is 0 Å². The molecule has 0 unspecified atom stereocenters. The van der Waals surface area contributed by atoms with Crippen LogP contribution in [0, 0.1) is 0 Å². The molecule has 74 heavy (non-hydrogen) atoms. The molecule has 0 N–H and O–H groups in total. The Bertz CT molecular complexity index is 3540.